The summed E-state index contributed by atoms with van der Waals surface area (Å²) in [5, 5.41) is 12.5. The Morgan fingerprint density at radius 3 is 2.32 bits per heavy atom. The van der Waals surface area contributed by atoms with Crippen LogP contribution in [0.4, 0.5) is 11.4 Å². The minimum absolute atomic E-state index is 0.119. The number of rotatable bonds is 3. The van der Waals surface area contributed by atoms with Gasteiger partial charge in [0.25, 0.3) is 11.1 Å². The third-order valence-electron chi connectivity index (χ3n) is 4.96. The Morgan fingerprint density at radius 2 is 1.57 bits per heavy atom. The van der Waals surface area contributed by atoms with Gasteiger partial charge in [-0.25, -0.2) is 9.36 Å². The largest absolute Gasteiger partial charge is 0.354 e. The van der Waals surface area contributed by atoms with Gasteiger partial charge in [-0.05, 0) is 38.1 Å². The van der Waals surface area contributed by atoms with Gasteiger partial charge in [-0.15, -0.1) is 0 Å². The van der Waals surface area contributed by atoms with E-state index in [9.17, 15) is 9.59 Å². The van der Waals surface area contributed by atoms with Crippen LogP contribution in [0.5, 0.6) is 0 Å². The number of fused-ring (bicyclic) bond motifs is 1. The molecule has 0 fully saturated rings. The molecule has 3 aromatic heterocycles. The summed E-state index contributed by atoms with van der Waals surface area (Å²) in [4.78, 5) is 24.3. The van der Waals surface area contributed by atoms with Crippen molar-refractivity contribution in [3.63, 3.8) is 0 Å². The van der Waals surface area contributed by atoms with Gasteiger partial charge in [0, 0.05) is 42.5 Å². The monoisotopic (exact) mass is 376 g/mol. The number of aryl methyl sites for hydroxylation is 2. The Kier molecular flexibility index (Phi) is 4.11. The van der Waals surface area contributed by atoms with Crippen LogP contribution in [0.2, 0.25) is 0 Å². The van der Waals surface area contributed by atoms with Crippen molar-refractivity contribution in [2.45, 2.75) is 13.8 Å². The highest BCUT2D eigenvalue weighted by molar-refractivity contribution is 5.86. The molecule has 0 saturated carbocycles. The van der Waals surface area contributed by atoms with Crippen LogP contribution >= 0.6 is 0 Å². The second-order valence-corrected chi connectivity index (χ2v) is 6.78. The first-order valence-corrected chi connectivity index (χ1v) is 8.81. The molecular weight excluding hydrogens is 356 g/mol. The van der Waals surface area contributed by atoms with E-state index in [1.165, 1.54) is 9.36 Å². The molecule has 28 heavy (non-hydrogen) atoms. The standard InChI is InChI=1S/C20H20N6O2/c1-12-16(10-21-24(3)19(12)27)23-15-5-6-17-14(9-15)7-8-26(17)18-11-22-25(4)20(28)13(18)2/h5-11,23H,1-4H3. The van der Waals surface area contributed by atoms with Crippen LogP contribution in [0.15, 0.2) is 52.4 Å². The van der Waals surface area contributed by atoms with E-state index in [1.807, 2.05) is 35.0 Å². The van der Waals surface area contributed by atoms with E-state index in [2.05, 4.69) is 15.5 Å². The normalized spacial score (nSPS) is 11.1. The van der Waals surface area contributed by atoms with E-state index in [-0.39, 0.29) is 11.1 Å². The van der Waals surface area contributed by atoms with Gasteiger partial charge in [0.05, 0.1) is 29.3 Å². The summed E-state index contributed by atoms with van der Waals surface area (Å²) in [6.45, 7) is 3.57. The Bertz CT molecular complexity index is 1330. The van der Waals surface area contributed by atoms with Gasteiger partial charge in [0.2, 0.25) is 0 Å². The molecule has 8 heteroatoms. The Labute approximate surface area is 160 Å². The molecule has 8 nitrogen and oxygen atoms in total. The molecule has 0 aliphatic carbocycles. The van der Waals surface area contributed by atoms with Crippen LogP contribution in [0.3, 0.4) is 0 Å². The van der Waals surface area contributed by atoms with Gasteiger partial charge in [0.15, 0.2) is 0 Å². The topological polar surface area (TPSA) is 86.7 Å². The molecule has 4 aromatic rings. The Balaban J connectivity index is 1.75. The van der Waals surface area contributed by atoms with Crippen molar-refractivity contribution in [1.29, 1.82) is 0 Å². The van der Waals surface area contributed by atoms with Gasteiger partial charge in [-0.1, -0.05) is 0 Å². The lowest BCUT2D eigenvalue weighted by Crippen LogP contribution is -2.23. The van der Waals surface area contributed by atoms with Crippen molar-refractivity contribution in [2.75, 3.05) is 5.32 Å². The van der Waals surface area contributed by atoms with Crippen molar-refractivity contribution in [2.24, 2.45) is 14.1 Å². The van der Waals surface area contributed by atoms with E-state index in [4.69, 9.17) is 0 Å². The summed E-state index contributed by atoms with van der Waals surface area (Å²) in [6.07, 6.45) is 5.25. The summed E-state index contributed by atoms with van der Waals surface area (Å²) in [6, 6.07) is 7.87. The van der Waals surface area contributed by atoms with Crippen LogP contribution in [0.25, 0.3) is 16.6 Å². The summed E-state index contributed by atoms with van der Waals surface area (Å²) >= 11 is 0. The van der Waals surface area contributed by atoms with Gasteiger partial charge in [-0.2, -0.15) is 10.2 Å². The summed E-state index contributed by atoms with van der Waals surface area (Å²) in [5.41, 5.74) is 4.23. The molecule has 0 bridgehead atoms. The zero-order valence-corrected chi connectivity index (χ0v) is 16.1. The van der Waals surface area contributed by atoms with Crippen molar-refractivity contribution in [3.8, 4) is 5.69 Å². The summed E-state index contributed by atoms with van der Waals surface area (Å²) in [7, 11) is 3.26. The molecule has 4 rings (SSSR count). The van der Waals surface area contributed by atoms with Crippen molar-refractivity contribution in [1.82, 2.24) is 24.1 Å². The molecule has 0 unspecified atom stereocenters. The van der Waals surface area contributed by atoms with E-state index >= 15 is 0 Å². The second kappa shape index (κ2) is 6.49. The van der Waals surface area contributed by atoms with Crippen LogP contribution < -0.4 is 16.4 Å². The third kappa shape index (κ3) is 2.79. The number of hydrogen-bond acceptors (Lipinski definition) is 5. The molecule has 0 radical (unpaired) electrons. The summed E-state index contributed by atoms with van der Waals surface area (Å²) in [5.74, 6) is 0. The number of anilines is 2. The highest BCUT2D eigenvalue weighted by atomic mass is 16.1. The first-order chi connectivity index (χ1) is 13.4. The number of aromatic nitrogens is 5. The molecule has 1 N–H and O–H groups in total. The average molecular weight is 376 g/mol. The molecule has 142 valence electrons. The highest BCUT2D eigenvalue weighted by Crippen LogP contribution is 2.26. The number of nitrogens with one attached hydrogen (secondary N) is 1. The van der Waals surface area contributed by atoms with E-state index in [0.29, 0.717) is 16.8 Å². The number of nitrogens with zero attached hydrogens (tertiary/aromatic N) is 5. The minimum atomic E-state index is -0.133. The van der Waals surface area contributed by atoms with E-state index < -0.39 is 0 Å². The Hall–Kier alpha value is -3.68. The maximum absolute atomic E-state index is 12.2. The molecule has 1 aromatic carbocycles. The Morgan fingerprint density at radius 1 is 0.893 bits per heavy atom. The quantitative estimate of drug-likeness (QED) is 0.592. The maximum Gasteiger partial charge on any atom is 0.271 e. The molecule has 0 aliphatic heterocycles. The van der Waals surface area contributed by atoms with Crippen molar-refractivity contribution < 1.29 is 0 Å². The second-order valence-electron chi connectivity index (χ2n) is 6.78. The van der Waals surface area contributed by atoms with Crippen LogP contribution in [-0.2, 0) is 14.1 Å². The lowest BCUT2D eigenvalue weighted by Gasteiger charge is -2.11. The van der Waals surface area contributed by atoms with Gasteiger partial charge in [0.1, 0.15) is 0 Å². The van der Waals surface area contributed by atoms with Gasteiger partial charge < -0.3 is 9.88 Å². The zero-order valence-electron chi connectivity index (χ0n) is 16.1. The maximum atomic E-state index is 12.2. The molecular formula is C20H20N6O2. The van der Waals surface area contributed by atoms with E-state index in [1.54, 1.807) is 40.3 Å². The van der Waals surface area contributed by atoms with E-state index in [0.717, 1.165) is 22.3 Å². The van der Waals surface area contributed by atoms with Crippen LogP contribution in [0, 0.1) is 13.8 Å². The minimum Gasteiger partial charge on any atom is -0.354 e. The fraction of sp³-hybridized carbons (Fsp3) is 0.200. The van der Waals surface area contributed by atoms with Gasteiger partial charge >= 0.3 is 0 Å². The van der Waals surface area contributed by atoms with Gasteiger partial charge in [-0.3, -0.25) is 9.59 Å². The number of hydrogen-bond donors (Lipinski definition) is 1. The lowest BCUT2D eigenvalue weighted by molar-refractivity contribution is 0.695. The zero-order chi connectivity index (χ0) is 20.0. The van der Waals surface area contributed by atoms with Crippen molar-refractivity contribution in [3.05, 3.63) is 74.7 Å². The number of benzene rings is 1. The SMILES string of the molecule is Cc1c(Nc2ccc3c(ccn3-c3cnn(C)c(=O)c3C)c2)cnn(C)c1=O. The predicted octanol–water partition coefficient (Wildman–Crippen LogP) is 2.18. The fourth-order valence-electron chi connectivity index (χ4n) is 3.25. The first kappa shape index (κ1) is 17.7. The lowest BCUT2D eigenvalue weighted by atomic mass is 10.2. The first-order valence-electron chi connectivity index (χ1n) is 8.81. The predicted molar refractivity (Wildman–Crippen MR) is 109 cm³/mol. The molecule has 0 amide bonds. The molecule has 0 saturated heterocycles. The average Bonchev–Trinajstić information content (AvgIpc) is 3.10. The van der Waals surface area contributed by atoms with Crippen LogP contribution in [-0.4, -0.2) is 24.1 Å². The highest BCUT2D eigenvalue weighted by Gasteiger charge is 2.11. The summed E-state index contributed by atoms with van der Waals surface area (Å²) < 4.78 is 4.59. The third-order valence-corrected chi connectivity index (χ3v) is 4.96. The molecule has 3 heterocycles. The molecule has 0 aliphatic rings. The van der Waals surface area contributed by atoms with Crippen molar-refractivity contribution >= 4 is 22.3 Å². The molecule has 0 spiro atoms. The molecule has 0 atom stereocenters. The van der Waals surface area contributed by atoms with Crippen LogP contribution in [0.1, 0.15) is 11.1 Å². The smallest absolute Gasteiger partial charge is 0.271 e. The fourth-order valence-corrected chi connectivity index (χ4v) is 3.25.